The number of hydrogen-bond acceptors (Lipinski definition) is 4. The number of unbranched alkanes of at least 4 members (excludes halogenated alkanes) is 2. The van der Waals surface area contributed by atoms with Gasteiger partial charge >= 0.3 is 0 Å². The maximum Gasteiger partial charge on any atom is 0.250 e. The van der Waals surface area contributed by atoms with E-state index in [0.29, 0.717) is 21.9 Å². The molecule has 31 heavy (non-hydrogen) atoms. The zero-order chi connectivity index (χ0) is 21.8. The molecule has 9 heteroatoms. The summed E-state index contributed by atoms with van der Waals surface area (Å²) in [4.78, 5) is 9.20. The van der Waals surface area contributed by atoms with Gasteiger partial charge in [-0.15, -0.1) is 0 Å². The molecule has 0 saturated heterocycles. The van der Waals surface area contributed by atoms with Crippen LogP contribution in [0, 0.1) is 0 Å². The lowest BCUT2D eigenvalue weighted by Crippen LogP contribution is -2.30. The SMILES string of the molecule is CCCCC[n+]1ccn(-c2nc3ccccc3nc2[N-]S(=O)(=O)c2ccc(Cl)cc2)c1. The van der Waals surface area contributed by atoms with Crippen molar-refractivity contribution in [2.45, 2.75) is 37.6 Å². The topological polar surface area (TPSA) is 82.8 Å². The van der Waals surface area contributed by atoms with Crippen molar-refractivity contribution < 1.29 is 13.0 Å². The molecule has 0 bridgehead atoms. The van der Waals surface area contributed by atoms with Crippen LogP contribution in [-0.2, 0) is 16.6 Å². The lowest BCUT2D eigenvalue weighted by atomic mass is 10.2. The number of aromatic nitrogens is 4. The van der Waals surface area contributed by atoms with E-state index in [2.05, 4.69) is 21.6 Å². The van der Waals surface area contributed by atoms with Crippen molar-refractivity contribution in [2.24, 2.45) is 0 Å². The first kappa shape index (κ1) is 21.3. The average molecular weight is 456 g/mol. The first-order valence-electron chi connectivity index (χ1n) is 10.0. The molecule has 4 rings (SSSR count). The van der Waals surface area contributed by atoms with E-state index in [9.17, 15) is 8.42 Å². The molecule has 0 N–H and O–H groups in total. The van der Waals surface area contributed by atoms with Crippen LogP contribution in [0.15, 0.2) is 72.1 Å². The minimum Gasteiger partial charge on any atom is -0.429 e. The summed E-state index contributed by atoms with van der Waals surface area (Å²) in [6.45, 7) is 3.03. The molecule has 0 radical (unpaired) electrons. The summed E-state index contributed by atoms with van der Waals surface area (Å²) in [5.74, 6) is 0.385. The molecule has 2 heterocycles. The zero-order valence-electron chi connectivity index (χ0n) is 17.0. The molecule has 0 saturated carbocycles. The van der Waals surface area contributed by atoms with E-state index in [-0.39, 0.29) is 10.7 Å². The fraction of sp³-hybridized carbons (Fsp3) is 0.227. The number of imidazole rings is 1. The Morgan fingerprint density at radius 2 is 1.74 bits per heavy atom. The zero-order valence-corrected chi connectivity index (χ0v) is 18.6. The van der Waals surface area contributed by atoms with E-state index in [1.54, 1.807) is 10.6 Å². The Hall–Kier alpha value is -2.97. The van der Waals surface area contributed by atoms with Crippen molar-refractivity contribution in [1.29, 1.82) is 0 Å². The molecule has 0 aliphatic carbocycles. The number of aryl methyl sites for hydroxylation is 1. The van der Waals surface area contributed by atoms with Crippen LogP contribution < -0.4 is 4.57 Å². The third-order valence-electron chi connectivity index (χ3n) is 4.81. The highest BCUT2D eigenvalue weighted by Crippen LogP contribution is 2.32. The van der Waals surface area contributed by atoms with Gasteiger partial charge in [0.05, 0.1) is 17.0 Å². The van der Waals surface area contributed by atoms with Gasteiger partial charge in [0.15, 0.2) is 0 Å². The Labute approximate surface area is 186 Å². The van der Waals surface area contributed by atoms with E-state index in [4.69, 9.17) is 11.6 Å². The van der Waals surface area contributed by atoms with Crippen LogP contribution in [0.4, 0.5) is 5.82 Å². The summed E-state index contributed by atoms with van der Waals surface area (Å²) in [6.07, 6.45) is 9.00. The number of rotatable bonds is 8. The maximum absolute atomic E-state index is 12.9. The molecule has 0 aliphatic heterocycles. The Kier molecular flexibility index (Phi) is 6.20. The lowest BCUT2D eigenvalue weighted by Gasteiger charge is -2.18. The Bertz CT molecular complexity index is 1300. The summed E-state index contributed by atoms with van der Waals surface area (Å²) in [6, 6.07) is 13.2. The highest BCUT2D eigenvalue weighted by atomic mass is 35.5. The minimum atomic E-state index is -4.00. The van der Waals surface area contributed by atoms with Gasteiger partial charge in [0.25, 0.3) is 0 Å². The van der Waals surface area contributed by atoms with Gasteiger partial charge in [0, 0.05) is 10.8 Å². The maximum atomic E-state index is 12.9. The Balaban J connectivity index is 1.74. The van der Waals surface area contributed by atoms with Crippen molar-refractivity contribution in [3.8, 4) is 5.82 Å². The molecule has 4 aromatic rings. The molecule has 0 fully saturated rings. The summed E-state index contributed by atoms with van der Waals surface area (Å²) < 4.78 is 33.7. The molecule has 160 valence electrons. The van der Waals surface area contributed by atoms with Gasteiger partial charge in [-0.05, 0) is 48.7 Å². The van der Waals surface area contributed by atoms with Crippen molar-refractivity contribution in [1.82, 2.24) is 14.5 Å². The van der Waals surface area contributed by atoms with Crippen molar-refractivity contribution in [3.05, 3.63) is 77.0 Å². The molecular weight excluding hydrogens is 434 g/mol. The normalized spacial score (nSPS) is 11.7. The number of sulfonamides is 1. The highest BCUT2D eigenvalue weighted by molar-refractivity contribution is 7.94. The monoisotopic (exact) mass is 455 g/mol. The molecular formula is C22H22ClN5O2S. The molecule has 2 aromatic carbocycles. The molecule has 0 atom stereocenters. The number of benzene rings is 2. The third kappa shape index (κ3) is 4.86. The predicted octanol–water partition coefficient (Wildman–Crippen LogP) is 4.95. The fourth-order valence-electron chi connectivity index (χ4n) is 3.19. The van der Waals surface area contributed by atoms with Crippen LogP contribution in [0.5, 0.6) is 0 Å². The molecule has 0 amide bonds. The van der Waals surface area contributed by atoms with E-state index >= 15 is 0 Å². The molecule has 2 aromatic heterocycles. The van der Waals surface area contributed by atoms with E-state index in [0.717, 1.165) is 25.8 Å². The number of nitrogens with zero attached hydrogens (tertiary/aromatic N) is 5. The summed E-state index contributed by atoms with van der Waals surface area (Å²) >= 11 is 5.89. The Morgan fingerprint density at radius 3 is 2.45 bits per heavy atom. The van der Waals surface area contributed by atoms with Crippen LogP contribution in [0.1, 0.15) is 26.2 Å². The van der Waals surface area contributed by atoms with Crippen molar-refractivity contribution >= 4 is 38.5 Å². The fourth-order valence-corrected chi connectivity index (χ4v) is 4.25. The van der Waals surface area contributed by atoms with E-state index in [1.165, 1.54) is 24.3 Å². The molecule has 0 aliphatic rings. The van der Waals surface area contributed by atoms with Gasteiger partial charge in [-0.25, -0.2) is 18.0 Å². The van der Waals surface area contributed by atoms with E-state index in [1.807, 2.05) is 41.5 Å². The van der Waals surface area contributed by atoms with Gasteiger partial charge in [-0.3, -0.25) is 0 Å². The second-order valence-electron chi connectivity index (χ2n) is 7.15. The average Bonchev–Trinajstić information content (AvgIpc) is 3.22. The molecule has 0 spiro atoms. The first-order valence-corrected chi connectivity index (χ1v) is 11.9. The van der Waals surface area contributed by atoms with Gasteiger partial charge in [0.2, 0.25) is 22.2 Å². The number of hydrogen-bond donors (Lipinski definition) is 0. The van der Waals surface area contributed by atoms with Gasteiger partial charge in [0.1, 0.15) is 12.4 Å². The highest BCUT2D eigenvalue weighted by Gasteiger charge is 2.16. The number of halogens is 1. The van der Waals surface area contributed by atoms with Crippen LogP contribution in [0.2, 0.25) is 5.02 Å². The van der Waals surface area contributed by atoms with Crippen LogP contribution >= 0.6 is 11.6 Å². The van der Waals surface area contributed by atoms with Crippen molar-refractivity contribution in [2.75, 3.05) is 0 Å². The van der Waals surface area contributed by atoms with Gasteiger partial charge in [-0.1, -0.05) is 43.1 Å². The molecule has 7 nitrogen and oxygen atoms in total. The van der Waals surface area contributed by atoms with Gasteiger partial charge in [-0.2, -0.15) is 4.57 Å². The molecule has 0 unspecified atom stereocenters. The van der Waals surface area contributed by atoms with Crippen LogP contribution in [0.3, 0.4) is 0 Å². The second-order valence-corrected chi connectivity index (χ2v) is 9.19. The summed E-state index contributed by atoms with van der Waals surface area (Å²) in [7, 11) is -4.00. The largest absolute Gasteiger partial charge is 0.429 e. The summed E-state index contributed by atoms with van der Waals surface area (Å²) in [5.41, 5.74) is 1.23. The number of para-hydroxylation sites is 2. The van der Waals surface area contributed by atoms with Crippen LogP contribution in [-0.4, -0.2) is 23.0 Å². The standard InChI is InChI=1S/C22H22ClN5O2S/c1-2-3-6-13-27-14-15-28(16-27)22-21(24-19-7-4-5-8-20(19)25-22)26-31(29,30)18-11-9-17(23)10-12-18/h4-5,7-12,14-16H,2-3,6,13H2,1H3. The van der Waals surface area contributed by atoms with E-state index < -0.39 is 10.0 Å². The lowest BCUT2D eigenvalue weighted by molar-refractivity contribution is -0.696. The quantitative estimate of drug-likeness (QED) is 0.278. The predicted molar refractivity (Wildman–Crippen MR) is 120 cm³/mol. The summed E-state index contributed by atoms with van der Waals surface area (Å²) in [5, 5.41) is 0.449. The second kappa shape index (κ2) is 9.03. The Morgan fingerprint density at radius 1 is 1.03 bits per heavy atom. The van der Waals surface area contributed by atoms with Crippen molar-refractivity contribution in [3.63, 3.8) is 0 Å². The minimum absolute atomic E-state index is 0.0324. The third-order valence-corrected chi connectivity index (χ3v) is 6.34. The smallest absolute Gasteiger partial charge is 0.250 e. The number of fused-ring (bicyclic) bond motifs is 1. The first-order chi connectivity index (χ1) is 15.0. The van der Waals surface area contributed by atoms with Crippen LogP contribution in [0.25, 0.3) is 21.6 Å². The van der Waals surface area contributed by atoms with Gasteiger partial charge < -0.3 is 9.71 Å².